The van der Waals surface area contributed by atoms with Gasteiger partial charge in [-0.05, 0) is 62.4 Å². The monoisotopic (exact) mass is 419 g/mol. The highest BCUT2D eigenvalue weighted by Gasteiger charge is 2.46. The predicted molar refractivity (Wildman–Crippen MR) is 117 cm³/mol. The Morgan fingerprint density at radius 3 is 2.87 bits per heavy atom. The molecule has 2 N–H and O–H groups in total. The number of nitrogens with one attached hydrogen (secondary N) is 1. The first-order valence-corrected chi connectivity index (χ1v) is 10.7. The van der Waals surface area contributed by atoms with Crippen LogP contribution in [0.4, 0.5) is 4.39 Å². The summed E-state index contributed by atoms with van der Waals surface area (Å²) in [4.78, 5) is 4.02. The van der Waals surface area contributed by atoms with E-state index in [2.05, 4.69) is 34.0 Å². The molecule has 31 heavy (non-hydrogen) atoms. The molecule has 5 rings (SSSR count). The Kier molecular flexibility index (Phi) is 4.85. The third kappa shape index (κ3) is 3.63. The summed E-state index contributed by atoms with van der Waals surface area (Å²) in [6, 6.07) is 8.85. The summed E-state index contributed by atoms with van der Waals surface area (Å²) in [5, 5.41) is 22.6. The summed E-state index contributed by atoms with van der Waals surface area (Å²) in [6.45, 7) is 6.37. The minimum atomic E-state index is -0.970. The molecule has 160 valence electrons. The molecule has 6 nitrogen and oxygen atoms in total. The van der Waals surface area contributed by atoms with Crippen LogP contribution >= 0.6 is 0 Å². The molecule has 2 aliphatic heterocycles. The average Bonchev–Trinajstić information content (AvgIpc) is 3.31. The van der Waals surface area contributed by atoms with Gasteiger partial charge in [0.15, 0.2) is 0 Å². The first-order chi connectivity index (χ1) is 14.9. The molecule has 2 fully saturated rings. The van der Waals surface area contributed by atoms with Crippen LogP contribution < -0.4 is 5.32 Å². The zero-order chi connectivity index (χ0) is 21.6. The summed E-state index contributed by atoms with van der Waals surface area (Å²) in [5.74, 6) is -0.158. The molecular formula is C24H26FN5O. The number of halogens is 1. The van der Waals surface area contributed by atoms with Crippen molar-refractivity contribution < 1.29 is 9.50 Å². The van der Waals surface area contributed by atoms with Gasteiger partial charge in [-0.25, -0.2) is 9.37 Å². The molecule has 2 bridgehead atoms. The van der Waals surface area contributed by atoms with Crippen LogP contribution in [0, 0.1) is 5.92 Å². The van der Waals surface area contributed by atoms with E-state index in [1.165, 1.54) is 0 Å². The number of phenolic OH excluding ortho intramolecular Hbond substituents is 1. The Bertz CT molecular complexity index is 1100. The molecule has 1 aromatic carbocycles. The van der Waals surface area contributed by atoms with Crippen LogP contribution in [0.5, 0.6) is 5.75 Å². The van der Waals surface area contributed by atoms with Crippen molar-refractivity contribution in [3.63, 3.8) is 0 Å². The second kappa shape index (κ2) is 7.57. The second-order valence-corrected chi connectivity index (χ2v) is 8.96. The number of phenols is 1. The molecule has 0 spiro atoms. The van der Waals surface area contributed by atoms with Crippen molar-refractivity contribution in [1.29, 1.82) is 0 Å². The van der Waals surface area contributed by atoms with Gasteiger partial charge in [-0.1, -0.05) is 6.58 Å². The lowest BCUT2D eigenvalue weighted by molar-refractivity contribution is 0.0525. The van der Waals surface area contributed by atoms with E-state index >= 15 is 4.39 Å². The summed E-state index contributed by atoms with van der Waals surface area (Å²) in [6.07, 6.45) is 7.87. The molecule has 0 aliphatic carbocycles. The number of fused-ring (bicyclic) bond motifs is 2. The van der Waals surface area contributed by atoms with E-state index in [1.807, 2.05) is 22.9 Å². The number of imidazole rings is 1. The van der Waals surface area contributed by atoms with Gasteiger partial charge in [0, 0.05) is 41.5 Å². The fourth-order valence-electron chi connectivity index (χ4n) is 5.04. The zero-order valence-corrected chi connectivity index (χ0v) is 17.5. The number of aromatic hydroxyl groups is 1. The van der Waals surface area contributed by atoms with E-state index in [0.717, 1.165) is 24.9 Å². The second-order valence-electron chi connectivity index (χ2n) is 8.96. The highest BCUT2D eigenvalue weighted by Crippen LogP contribution is 2.43. The van der Waals surface area contributed by atoms with Gasteiger partial charge >= 0.3 is 0 Å². The fourth-order valence-corrected chi connectivity index (χ4v) is 5.04. The lowest BCUT2D eigenvalue weighted by Gasteiger charge is -2.49. The Morgan fingerprint density at radius 1 is 1.29 bits per heavy atom. The van der Waals surface area contributed by atoms with Gasteiger partial charge in [-0.3, -0.25) is 0 Å². The van der Waals surface area contributed by atoms with Gasteiger partial charge in [0.05, 0.1) is 23.4 Å². The van der Waals surface area contributed by atoms with Crippen LogP contribution in [0.15, 0.2) is 55.6 Å². The number of nitrogens with zero attached hydrogens (tertiary/aromatic N) is 4. The van der Waals surface area contributed by atoms with Gasteiger partial charge in [-0.2, -0.15) is 5.10 Å². The SMILES string of the molecule is C=C(c1ccc(-c2ccc(-n3ccnc3)cc2O)nn1)[C@@H]1C[C@@]2(C)CCCC(N2)[C@H]1F. The number of allylic oxidation sites excluding steroid dienone is 1. The van der Waals surface area contributed by atoms with E-state index in [0.29, 0.717) is 28.9 Å². The lowest BCUT2D eigenvalue weighted by atomic mass is 9.69. The van der Waals surface area contributed by atoms with E-state index in [9.17, 15) is 5.11 Å². The van der Waals surface area contributed by atoms with Gasteiger partial charge in [0.25, 0.3) is 0 Å². The van der Waals surface area contributed by atoms with E-state index < -0.39 is 6.17 Å². The van der Waals surface area contributed by atoms with Crippen molar-refractivity contribution in [3.8, 4) is 22.7 Å². The molecule has 4 atom stereocenters. The maximum atomic E-state index is 15.2. The molecule has 2 aromatic heterocycles. The molecule has 0 saturated carbocycles. The quantitative estimate of drug-likeness (QED) is 0.659. The van der Waals surface area contributed by atoms with Crippen molar-refractivity contribution >= 4 is 5.57 Å². The summed E-state index contributed by atoms with van der Waals surface area (Å²) in [5.41, 5.74) is 3.20. The number of benzene rings is 1. The molecule has 2 saturated heterocycles. The highest BCUT2D eigenvalue weighted by molar-refractivity contribution is 5.70. The number of hydrogen-bond donors (Lipinski definition) is 2. The van der Waals surface area contributed by atoms with Gasteiger partial charge in [-0.15, -0.1) is 5.10 Å². The predicted octanol–water partition coefficient (Wildman–Crippen LogP) is 4.31. The van der Waals surface area contributed by atoms with Crippen LogP contribution in [-0.2, 0) is 0 Å². The van der Waals surface area contributed by atoms with Crippen LogP contribution in [0.1, 0.15) is 38.3 Å². The van der Waals surface area contributed by atoms with E-state index in [-0.39, 0.29) is 23.2 Å². The third-order valence-corrected chi connectivity index (χ3v) is 6.72. The maximum absolute atomic E-state index is 15.2. The largest absolute Gasteiger partial charge is 0.507 e. The molecule has 7 heteroatoms. The minimum Gasteiger partial charge on any atom is -0.507 e. The Hall–Kier alpha value is -3.06. The highest BCUT2D eigenvalue weighted by atomic mass is 19.1. The number of aromatic nitrogens is 4. The van der Waals surface area contributed by atoms with E-state index in [1.54, 1.807) is 30.7 Å². The van der Waals surface area contributed by atoms with Crippen molar-refractivity contribution in [3.05, 3.63) is 61.3 Å². The van der Waals surface area contributed by atoms with Gasteiger partial charge in [0.1, 0.15) is 11.9 Å². The summed E-state index contributed by atoms with van der Waals surface area (Å²) >= 11 is 0. The Labute approximate surface area is 180 Å². The molecule has 1 unspecified atom stereocenters. The van der Waals surface area contributed by atoms with Crippen molar-refractivity contribution in [2.75, 3.05) is 0 Å². The van der Waals surface area contributed by atoms with Crippen LogP contribution in [0.25, 0.3) is 22.5 Å². The zero-order valence-electron chi connectivity index (χ0n) is 17.5. The van der Waals surface area contributed by atoms with Crippen LogP contribution in [0.3, 0.4) is 0 Å². The standard InChI is InChI=1S/C24H26FN5O/c1-15(18-13-24(2)9-3-4-21(27-24)23(18)25)19-7-8-20(29-28-19)17-6-5-16(12-22(17)31)30-11-10-26-14-30/h5-8,10-12,14,18,21,23,27,31H,1,3-4,9,13H2,2H3/t18-,21?,23-,24+/m0/s1. The molecular weight excluding hydrogens is 393 g/mol. The third-order valence-electron chi connectivity index (χ3n) is 6.72. The van der Waals surface area contributed by atoms with Crippen LogP contribution in [-0.4, -0.2) is 42.6 Å². The Morgan fingerprint density at radius 2 is 2.16 bits per heavy atom. The topological polar surface area (TPSA) is 75.9 Å². The summed E-state index contributed by atoms with van der Waals surface area (Å²) < 4.78 is 17.0. The number of alkyl halides is 1. The van der Waals surface area contributed by atoms with E-state index in [4.69, 9.17) is 0 Å². The number of rotatable bonds is 4. The first kappa shape index (κ1) is 19.9. The molecule has 2 aliphatic rings. The lowest BCUT2D eigenvalue weighted by Crippen LogP contribution is -2.62. The molecule has 0 amide bonds. The average molecular weight is 420 g/mol. The van der Waals surface area contributed by atoms with Crippen molar-refractivity contribution in [1.82, 2.24) is 25.1 Å². The number of hydrogen-bond acceptors (Lipinski definition) is 5. The Balaban J connectivity index is 1.37. The van der Waals surface area contributed by atoms with Crippen molar-refractivity contribution in [2.24, 2.45) is 5.92 Å². The van der Waals surface area contributed by atoms with Gasteiger partial charge in [0.2, 0.25) is 0 Å². The fraction of sp³-hybridized carbons (Fsp3) is 0.375. The normalized spacial score (nSPS) is 27.7. The summed E-state index contributed by atoms with van der Waals surface area (Å²) in [7, 11) is 0. The smallest absolute Gasteiger partial charge is 0.127 e. The maximum Gasteiger partial charge on any atom is 0.127 e. The van der Waals surface area contributed by atoms with Crippen LogP contribution in [0.2, 0.25) is 0 Å². The molecule has 0 radical (unpaired) electrons. The van der Waals surface area contributed by atoms with Gasteiger partial charge < -0.3 is 15.0 Å². The minimum absolute atomic E-state index is 0.0464. The molecule has 3 aromatic rings. The first-order valence-electron chi connectivity index (χ1n) is 10.7. The molecule has 4 heterocycles. The number of piperidine rings is 2. The van der Waals surface area contributed by atoms with Crippen molar-refractivity contribution in [2.45, 2.75) is 50.4 Å².